The highest BCUT2D eigenvalue weighted by Gasteiger charge is 2.71. The van der Waals surface area contributed by atoms with Crippen molar-refractivity contribution in [3.05, 3.63) is 66.8 Å². The molecule has 1 spiro atoms. The second-order valence-electron chi connectivity index (χ2n) is 9.63. The summed E-state index contributed by atoms with van der Waals surface area (Å²) in [5, 5.41) is 11.8. The minimum atomic E-state index is -1.28. The van der Waals surface area contributed by atoms with Gasteiger partial charge in [0.1, 0.15) is 11.6 Å². The lowest BCUT2D eigenvalue weighted by Gasteiger charge is -2.35. The molecule has 180 valence electrons. The van der Waals surface area contributed by atoms with Crippen molar-refractivity contribution in [1.29, 1.82) is 0 Å². The third-order valence-corrected chi connectivity index (χ3v) is 7.75. The van der Waals surface area contributed by atoms with Crippen LogP contribution in [0.3, 0.4) is 0 Å². The first kappa shape index (κ1) is 22.0. The van der Waals surface area contributed by atoms with E-state index in [1.807, 2.05) is 66.8 Å². The maximum absolute atomic E-state index is 14.2. The van der Waals surface area contributed by atoms with Crippen molar-refractivity contribution in [3.8, 4) is 0 Å². The number of hydrogen-bond donors (Lipinski definition) is 1. The maximum atomic E-state index is 14.2. The van der Waals surface area contributed by atoms with Gasteiger partial charge >= 0.3 is 0 Å². The summed E-state index contributed by atoms with van der Waals surface area (Å²) < 4.78 is 6.52. The second kappa shape index (κ2) is 8.03. The average molecular weight is 474 g/mol. The fraction of sp³-hybridized carbons (Fsp3) is 0.370. The van der Waals surface area contributed by atoms with Crippen LogP contribution in [0, 0.1) is 11.8 Å². The summed E-state index contributed by atoms with van der Waals surface area (Å²) in [6.07, 6.45) is 6.79. The minimum absolute atomic E-state index is 0.00644. The summed E-state index contributed by atoms with van der Waals surface area (Å²) in [4.78, 5) is 45.9. The quantitative estimate of drug-likeness (QED) is 0.680. The van der Waals surface area contributed by atoms with E-state index in [0.717, 1.165) is 16.5 Å². The zero-order valence-electron chi connectivity index (χ0n) is 19.4. The summed E-state index contributed by atoms with van der Waals surface area (Å²) in [5.74, 6) is -2.33. The van der Waals surface area contributed by atoms with E-state index in [0.29, 0.717) is 13.1 Å². The van der Waals surface area contributed by atoms with Crippen molar-refractivity contribution >= 4 is 34.2 Å². The highest BCUT2D eigenvalue weighted by atomic mass is 16.5. The normalized spacial score (nSPS) is 32.1. The van der Waals surface area contributed by atoms with Crippen molar-refractivity contribution in [1.82, 2.24) is 9.80 Å². The summed E-state index contributed by atoms with van der Waals surface area (Å²) in [5.41, 5.74) is -0.555. The summed E-state index contributed by atoms with van der Waals surface area (Å²) in [6.45, 7) is 0.455. The van der Waals surface area contributed by atoms with E-state index in [9.17, 15) is 19.5 Å². The molecule has 5 atom stereocenters. The minimum Gasteiger partial charge on any atom is -0.395 e. The van der Waals surface area contributed by atoms with Gasteiger partial charge in [-0.2, -0.15) is 0 Å². The first-order chi connectivity index (χ1) is 17.0. The van der Waals surface area contributed by atoms with Crippen LogP contribution in [0.1, 0.15) is 0 Å². The number of ether oxygens (including phenoxy) is 1. The number of aliphatic hydroxyl groups excluding tert-OH is 1. The fourth-order valence-corrected chi connectivity index (χ4v) is 6.19. The molecule has 4 aliphatic heterocycles. The van der Waals surface area contributed by atoms with Gasteiger partial charge < -0.3 is 24.5 Å². The number of amides is 3. The lowest BCUT2D eigenvalue weighted by molar-refractivity contribution is -0.144. The molecule has 4 heterocycles. The topological polar surface area (TPSA) is 90.4 Å². The standard InChI is InChI=1S/C27H27N3O5/c1-28-12-4-8-20-21(24(28)32)22-25(33)30(14-15-31)23-26(34)29(13-5-11-27(22,23)35-20)19-10-9-17-6-2-3-7-18(17)16-19/h2-11,16,20-23,31H,12-15H2,1H3/t20-,21+,22+,23?,27+/m1/s1. The van der Waals surface area contributed by atoms with E-state index in [-0.39, 0.29) is 30.9 Å². The molecule has 0 bridgehead atoms. The second-order valence-corrected chi connectivity index (χ2v) is 9.63. The van der Waals surface area contributed by atoms with Gasteiger partial charge in [-0.3, -0.25) is 14.4 Å². The van der Waals surface area contributed by atoms with Gasteiger partial charge in [-0.1, -0.05) is 54.6 Å². The van der Waals surface area contributed by atoms with Gasteiger partial charge in [0.25, 0.3) is 5.91 Å². The Morgan fingerprint density at radius 1 is 1.00 bits per heavy atom. The Hall–Kier alpha value is -3.49. The molecule has 6 rings (SSSR count). The number of benzene rings is 2. The molecular weight excluding hydrogens is 446 g/mol. The first-order valence-electron chi connectivity index (χ1n) is 11.9. The number of likely N-dealkylation sites (N-methyl/N-ethyl adjacent to an activating group) is 1. The molecule has 0 aromatic heterocycles. The molecule has 35 heavy (non-hydrogen) atoms. The molecule has 2 aromatic rings. The van der Waals surface area contributed by atoms with Crippen molar-refractivity contribution in [2.75, 3.05) is 38.2 Å². The van der Waals surface area contributed by atoms with E-state index in [2.05, 4.69) is 0 Å². The molecule has 1 N–H and O–H groups in total. The number of likely N-dealkylation sites (tertiary alicyclic amines) is 1. The van der Waals surface area contributed by atoms with E-state index in [4.69, 9.17) is 4.74 Å². The van der Waals surface area contributed by atoms with Crippen LogP contribution in [0.2, 0.25) is 0 Å². The molecule has 2 saturated heterocycles. The Kier molecular flexibility index (Phi) is 5.05. The fourth-order valence-electron chi connectivity index (χ4n) is 6.19. The largest absolute Gasteiger partial charge is 0.395 e. The summed E-state index contributed by atoms with van der Waals surface area (Å²) in [7, 11) is 1.71. The lowest BCUT2D eigenvalue weighted by atomic mass is 9.77. The molecule has 0 saturated carbocycles. The van der Waals surface area contributed by atoms with Gasteiger partial charge in [-0.25, -0.2) is 0 Å². The number of nitrogens with zero attached hydrogens (tertiary/aromatic N) is 3. The van der Waals surface area contributed by atoms with Gasteiger partial charge in [0.15, 0.2) is 0 Å². The average Bonchev–Trinajstić information content (AvgIpc) is 3.18. The van der Waals surface area contributed by atoms with E-state index in [1.54, 1.807) is 16.8 Å². The number of aliphatic hydroxyl groups is 1. The van der Waals surface area contributed by atoms with Gasteiger partial charge in [0.05, 0.1) is 24.5 Å². The highest BCUT2D eigenvalue weighted by Crippen LogP contribution is 2.53. The van der Waals surface area contributed by atoms with Crippen LogP contribution < -0.4 is 4.90 Å². The third-order valence-electron chi connectivity index (χ3n) is 7.75. The molecule has 3 amide bonds. The Morgan fingerprint density at radius 3 is 2.60 bits per heavy atom. The van der Waals surface area contributed by atoms with Crippen molar-refractivity contribution in [2.45, 2.75) is 17.7 Å². The van der Waals surface area contributed by atoms with Crippen LogP contribution in [0.25, 0.3) is 10.8 Å². The molecule has 8 heteroatoms. The van der Waals surface area contributed by atoms with E-state index >= 15 is 0 Å². The van der Waals surface area contributed by atoms with E-state index < -0.39 is 29.6 Å². The van der Waals surface area contributed by atoms with Crippen molar-refractivity contribution in [3.63, 3.8) is 0 Å². The molecule has 2 fully saturated rings. The molecule has 1 unspecified atom stereocenters. The van der Waals surface area contributed by atoms with Crippen LogP contribution in [0.5, 0.6) is 0 Å². The van der Waals surface area contributed by atoms with Crippen molar-refractivity contribution in [2.24, 2.45) is 11.8 Å². The van der Waals surface area contributed by atoms with Crippen molar-refractivity contribution < 1.29 is 24.2 Å². The predicted octanol–water partition coefficient (Wildman–Crippen LogP) is 1.34. The van der Waals surface area contributed by atoms with Gasteiger partial charge in [-0.15, -0.1) is 0 Å². The highest BCUT2D eigenvalue weighted by molar-refractivity contribution is 6.06. The number of hydrogen-bond acceptors (Lipinski definition) is 5. The van der Waals surface area contributed by atoms with Crippen LogP contribution in [-0.4, -0.2) is 83.7 Å². The predicted molar refractivity (Wildman–Crippen MR) is 129 cm³/mol. The monoisotopic (exact) mass is 473 g/mol. The zero-order chi connectivity index (χ0) is 24.3. The lowest BCUT2D eigenvalue weighted by Crippen LogP contribution is -2.55. The zero-order valence-corrected chi connectivity index (χ0v) is 19.4. The van der Waals surface area contributed by atoms with Crippen LogP contribution >= 0.6 is 0 Å². The Bertz CT molecular complexity index is 1290. The molecule has 2 aromatic carbocycles. The maximum Gasteiger partial charge on any atom is 0.253 e. The Balaban J connectivity index is 1.45. The smallest absolute Gasteiger partial charge is 0.253 e. The van der Waals surface area contributed by atoms with Gasteiger partial charge in [-0.05, 0) is 22.9 Å². The molecule has 0 aliphatic carbocycles. The third kappa shape index (κ3) is 3.10. The Labute approximate surface area is 203 Å². The van der Waals surface area contributed by atoms with Crippen LogP contribution in [0.4, 0.5) is 5.69 Å². The molecular formula is C27H27N3O5. The summed E-state index contributed by atoms with van der Waals surface area (Å²) in [6, 6.07) is 12.8. The molecule has 8 nitrogen and oxygen atoms in total. The first-order valence-corrected chi connectivity index (χ1v) is 11.9. The number of β-amino-alcohol motifs (C(OH)–C–C–N with tert-alkyl or cyclic N) is 1. The van der Waals surface area contributed by atoms with E-state index in [1.165, 1.54) is 4.90 Å². The number of anilines is 1. The van der Waals surface area contributed by atoms with Gasteiger partial charge in [0.2, 0.25) is 11.8 Å². The SMILES string of the molecule is CN1CC=C[C@H]2O[C@]34C=CCN(c5ccc6ccccc6c5)C(=O)C3N(CCO)C(=O)[C@@H]4[C@H]2C1=O. The molecule has 4 aliphatic rings. The number of fused-ring (bicyclic) bond motifs is 3. The Morgan fingerprint density at radius 2 is 1.80 bits per heavy atom. The van der Waals surface area contributed by atoms with Crippen LogP contribution in [-0.2, 0) is 19.1 Å². The number of carbonyl (C=O) groups is 3. The number of carbonyl (C=O) groups excluding carboxylic acids is 3. The van der Waals surface area contributed by atoms with Crippen LogP contribution in [0.15, 0.2) is 66.8 Å². The van der Waals surface area contributed by atoms with Gasteiger partial charge in [0, 0.05) is 32.4 Å². The number of rotatable bonds is 3. The molecule has 0 radical (unpaired) electrons. The summed E-state index contributed by atoms with van der Waals surface area (Å²) >= 11 is 0.